The van der Waals surface area contributed by atoms with Gasteiger partial charge < -0.3 is 26.8 Å². The molecule has 0 aliphatic carbocycles. The molecule has 3 rings (SSSR count). The van der Waals surface area contributed by atoms with Crippen LogP contribution in [0.3, 0.4) is 0 Å². The lowest BCUT2D eigenvalue weighted by Crippen LogP contribution is -2.56. The van der Waals surface area contributed by atoms with Crippen LogP contribution in [0.25, 0.3) is 0 Å². The van der Waals surface area contributed by atoms with E-state index in [1.807, 2.05) is 13.0 Å². The molecule has 0 saturated carbocycles. The minimum atomic E-state index is -4.10. The molecule has 2 aliphatic heterocycles. The SMILES string of the molecule is C[C@@H]1CNc2c(cccc2S(=O)(=O)N[C@H](CCCN=C(N)N)C(=O)N2CC[C@@H](C)C[C@@H]2C(=O)O)C1. The molecular formula is C23H36N6O5S. The Bertz CT molecular complexity index is 1070. The summed E-state index contributed by atoms with van der Waals surface area (Å²) >= 11 is 0. The van der Waals surface area contributed by atoms with E-state index in [1.54, 1.807) is 6.07 Å². The van der Waals surface area contributed by atoms with Crippen molar-refractivity contribution >= 4 is 33.5 Å². The first-order valence-electron chi connectivity index (χ1n) is 12.0. The van der Waals surface area contributed by atoms with Gasteiger partial charge in [-0.1, -0.05) is 26.0 Å². The molecular weight excluding hydrogens is 472 g/mol. The molecule has 2 heterocycles. The number of carbonyl (C=O) groups excluding carboxylic acids is 1. The van der Waals surface area contributed by atoms with E-state index >= 15 is 0 Å². The Labute approximate surface area is 206 Å². The number of aliphatic imine (C=N–C) groups is 1. The van der Waals surface area contributed by atoms with Crippen LogP contribution in [0, 0.1) is 11.8 Å². The van der Waals surface area contributed by atoms with Crippen LogP contribution < -0.4 is 21.5 Å². The Morgan fingerprint density at radius 1 is 1.29 bits per heavy atom. The first-order valence-corrected chi connectivity index (χ1v) is 13.4. The summed E-state index contributed by atoms with van der Waals surface area (Å²) in [4.78, 5) is 30.7. The van der Waals surface area contributed by atoms with Crippen molar-refractivity contribution in [3.8, 4) is 0 Å². The van der Waals surface area contributed by atoms with E-state index in [9.17, 15) is 23.1 Å². The van der Waals surface area contributed by atoms with Crippen LogP contribution >= 0.6 is 0 Å². The summed E-state index contributed by atoms with van der Waals surface area (Å²) in [6.45, 7) is 5.14. The van der Waals surface area contributed by atoms with Crippen molar-refractivity contribution in [1.29, 1.82) is 0 Å². The third-order valence-corrected chi connectivity index (χ3v) is 8.09. The summed E-state index contributed by atoms with van der Waals surface area (Å²) in [5, 5.41) is 12.9. The number of carboxylic acids is 1. The molecule has 1 amide bonds. The highest BCUT2D eigenvalue weighted by atomic mass is 32.2. The molecule has 194 valence electrons. The minimum absolute atomic E-state index is 0.0750. The molecule has 0 spiro atoms. The van der Waals surface area contributed by atoms with Crippen molar-refractivity contribution in [3.05, 3.63) is 23.8 Å². The molecule has 0 radical (unpaired) electrons. The Morgan fingerprint density at radius 3 is 2.71 bits per heavy atom. The molecule has 1 aromatic carbocycles. The molecule has 1 fully saturated rings. The molecule has 7 N–H and O–H groups in total. The fourth-order valence-electron chi connectivity index (χ4n) is 4.72. The second kappa shape index (κ2) is 11.3. The van der Waals surface area contributed by atoms with Crippen LogP contribution in [0.15, 0.2) is 28.1 Å². The Balaban J connectivity index is 1.88. The summed E-state index contributed by atoms with van der Waals surface area (Å²) < 4.78 is 29.5. The maximum atomic E-state index is 13.5. The predicted octanol–water partition coefficient (Wildman–Crippen LogP) is 0.703. The van der Waals surface area contributed by atoms with Gasteiger partial charge in [0.05, 0.1) is 5.69 Å². The lowest BCUT2D eigenvalue weighted by molar-refractivity contribution is -0.153. The van der Waals surface area contributed by atoms with Crippen molar-refractivity contribution in [2.75, 3.05) is 25.0 Å². The van der Waals surface area contributed by atoms with Gasteiger partial charge in [-0.15, -0.1) is 0 Å². The van der Waals surface area contributed by atoms with Gasteiger partial charge in [0.25, 0.3) is 0 Å². The van der Waals surface area contributed by atoms with E-state index in [-0.39, 0.29) is 36.3 Å². The van der Waals surface area contributed by atoms with Crippen LogP contribution in [0.4, 0.5) is 5.69 Å². The number of hydrogen-bond acceptors (Lipinski definition) is 6. The molecule has 11 nitrogen and oxygen atoms in total. The zero-order chi connectivity index (χ0) is 25.8. The monoisotopic (exact) mass is 508 g/mol. The smallest absolute Gasteiger partial charge is 0.326 e. The van der Waals surface area contributed by atoms with Crippen molar-refractivity contribution in [2.45, 2.75) is 62.9 Å². The van der Waals surface area contributed by atoms with E-state index in [0.717, 1.165) is 12.0 Å². The summed E-state index contributed by atoms with van der Waals surface area (Å²) in [5.41, 5.74) is 12.2. The lowest BCUT2D eigenvalue weighted by atomic mass is 9.91. The van der Waals surface area contributed by atoms with Crippen LogP contribution in [0.2, 0.25) is 0 Å². The molecule has 0 unspecified atom stereocenters. The largest absolute Gasteiger partial charge is 0.480 e. The van der Waals surface area contributed by atoms with Gasteiger partial charge in [-0.2, -0.15) is 4.72 Å². The molecule has 35 heavy (non-hydrogen) atoms. The molecule has 1 saturated heterocycles. The Hall–Kier alpha value is -2.86. The van der Waals surface area contributed by atoms with Crippen LogP contribution in [-0.4, -0.2) is 68.0 Å². The quantitative estimate of drug-likeness (QED) is 0.184. The topological polar surface area (TPSA) is 180 Å². The van der Waals surface area contributed by atoms with Gasteiger partial charge in [0.2, 0.25) is 15.9 Å². The number of rotatable bonds is 9. The van der Waals surface area contributed by atoms with Gasteiger partial charge in [0.1, 0.15) is 17.0 Å². The number of carboxylic acid groups (broad SMARTS) is 1. The highest BCUT2D eigenvalue weighted by Crippen LogP contribution is 2.31. The van der Waals surface area contributed by atoms with Gasteiger partial charge in [0, 0.05) is 19.6 Å². The number of nitrogens with zero attached hydrogens (tertiary/aromatic N) is 2. The average Bonchev–Trinajstić information content (AvgIpc) is 2.79. The molecule has 12 heteroatoms. The van der Waals surface area contributed by atoms with Crippen LogP contribution in [0.5, 0.6) is 0 Å². The van der Waals surface area contributed by atoms with Gasteiger partial charge in [-0.3, -0.25) is 9.79 Å². The van der Waals surface area contributed by atoms with Gasteiger partial charge >= 0.3 is 5.97 Å². The number of sulfonamides is 1. The van der Waals surface area contributed by atoms with Gasteiger partial charge in [-0.05, 0) is 55.6 Å². The Kier molecular flexibility index (Phi) is 8.60. The van der Waals surface area contributed by atoms with E-state index < -0.39 is 34.0 Å². The number of hydrogen-bond donors (Lipinski definition) is 5. The van der Waals surface area contributed by atoms with Crippen molar-refractivity contribution < 1.29 is 23.1 Å². The highest BCUT2D eigenvalue weighted by molar-refractivity contribution is 7.89. The summed E-state index contributed by atoms with van der Waals surface area (Å²) in [5.74, 6) is -1.22. The van der Waals surface area contributed by atoms with Gasteiger partial charge in [-0.25, -0.2) is 13.2 Å². The fraction of sp³-hybridized carbons (Fsp3) is 0.609. The highest BCUT2D eigenvalue weighted by Gasteiger charge is 2.39. The average molecular weight is 509 g/mol. The number of likely N-dealkylation sites (tertiary alicyclic amines) is 1. The van der Waals surface area contributed by atoms with Crippen molar-refractivity contribution in [1.82, 2.24) is 9.62 Å². The zero-order valence-electron chi connectivity index (χ0n) is 20.2. The number of guanidine groups is 1. The van der Waals surface area contributed by atoms with Crippen LogP contribution in [-0.2, 0) is 26.0 Å². The number of amides is 1. The number of benzene rings is 1. The standard InChI is InChI=1S/C23H36N6O5S/c1-14-8-10-29(18(12-14)22(31)32)21(30)17(6-4-9-26-23(24)25)28-35(33,34)19-7-3-5-16-11-15(2)13-27-20(16)19/h3,5,7,14-15,17-18,27-28H,4,6,8-13H2,1-2H3,(H,31,32)(H4,24,25,26)/t14-,15+,17-,18-/m1/s1. The third kappa shape index (κ3) is 6.63. The second-order valence-corrected chi connectivity index (χ2v) is 11.3. The zero-order valence-corrected chi connectivity index (χ0v) is 21.1. The van der Waals surface area contributed by atoms with E-state index in [2.05, 4.69) is 22.0 Å². The number of carbonyl (C=O) groups is 2. The molecule has 0 bridgehead atoms. The van der Waals surface area contributed by atoms with E-state index in [0.29, 0.717) is 37.4 Å². The second-order valence-electron chi connectivity index (χ2n) is 9.62. The maximum absolute atomic E-state index is 13.5. The number of fused-ring (bicyclic) bond motifs is 1. The summed E-state index contributed by atoms with van der Waals surface area (Å²) in [7, 11) is -4.10. The first-order chi connectivity index (χ1) is 16.5. The summed E-state index contributed by atoms with van der Waals surface area (Å²) in [6.07, 6.45) is 2.17. The van der Waals surface area contributed by atoms with Crippen molar-refractivity contribution in [3.63, 3.8) is 0 Å². The minimum Gasteiger partial charge on any atom is -0.480 e. The Morgan fingerprint density at radius 2 is 2.03 bits per heavy atom. The summed E-state index contributed by atoms with van der Waals surface area (Å²) in [6, 6.07) is 2.94. The maximum Gasteiger partial charge on any atom is 0.326 e. The third-order valence-electron chi connectivity index (χ3n) is 6.57. The molecule has 2 aliphatic rings. The van der Waals surface area contributed by atoms with E-state index in [1.165, 1.54) is 11.0 Å². The normalized spacial score (nSPS) is 23.0. The number of para-hydroxylation sites is 1. The molecule has 4 atom stereocenters. The number of aliphatic carboxylic acids is 1. The number of piperidine rings is 1. The lowest BCUT2D eigenvalue weighted by Gasteiger charge is -2.38. The number of nitrogens with one attached hydrogen (secondary N) is 2. The predicted molar refractivity (Wildman–Crippen MR) is 133 cm³/mol. The molecule has 0 aromatic heterocycles. The van der Waals surface area contributed by atoms with E-state index in [4.69, 9.17) is 11.5 Å². The fourth-order valence-corrected chi connectivity index (χ4v) is 6.17. The van der Waals surface area contributed by atoms with Crippen molar-refractivity contribution in [2.24, 2.45) is 28.3 Å². The number of anilines is 1. The van der Waals surface area contributed by atoms with Crippen LogP contribution in [0.1, 0.15) is 45.1 Å². The number of nitrogens with two attached hydrogens (primary N) is 2. The van der Waals surface area contributed by atoms with Gasteiger partial charge in [0.15, 0.2) is 5.96 Å². The first kappa shape index (κ1) is 26.7. The molecule has 1 aromatic rings.